The highest BCUT2D eigenvalue weighted by Crippen LogP contribution is 2.39. The van der Waals surface area contributed by atoms with Gasteiger partial charge in [0.1, 0.15) is 0 Å². The van der Waals surface area contributed by atoms with Gasteiger partial charge in [-0.25, -0.2) is 0 Å². The number of rotatable bonds is 8. The van der Waals surface area contributed by atoms with E-state index in [9.17, 15) is 4.79 Å². The molecule has 1 aromatic carbocycles. The van der Waals surface area contributed by atoms with Gasteiger partial charge in [0.2, 0.25) is 5.75 Å². The Hall–Kier alpha value is -2.25. The van der Waals surface area contributed by atoms with E-state index in [-0.39, 0.29) is 11.9 Å². The fraction of sp³-hybridized carbons (Fsp3) is 0.389. The van der Waals surface area contributed by atoms with Gasteiger partial charge in [-0.3, -0.25) is 4.79 Å². The summed E-state index contributed by atoms with van der Waals surface area (Å²) in [7, 11) is 8.54. The number of hydrogen-bond acceptors (Lipinski definition) is 6. The van der Waals surface area contributed by atoms with Crippen LogP contribution in [0.4, 0.5) is 0 Å². The summed E-state index contributed by atoms with van der Waals surface area (Å²) in [5, 5.41) is 7.10. The predicted octanol–water partition coefficient (Wildman–Crippen LogP) is 2.81. The molecule has 25 heavy (non-hydrogen) atoms. The Morgan fingerprint density at radius 1 is 1.12 bits per heavy atom. The first-order valence-electron chi connectivity index (χ1n) is 7.79. The second-order valence-corrected chi connectivity index (χ2v) is 6.41. The van der Waals surface area contributed by atoms with Crippen LogP contribution in [-0.4, -0.2) is 52.8 Å². The SMILES string of the molecule is COc1ccc(C(=O)NCC(c2ccsc2)N(C)C)c(OC)c1OC. The minimum atomic E-state index is -0.222. The first kappa shape index (κ1) is 19.1. The molecule has 0 aliphatic carbocycles. The van der Waals surface area contributed by atoms with Crippen LogP contribution in [0.3, 0.4) is 0 Å². The Morgan fingerprint density at radius 3 is 2.36 bits per heavy atom. The molecule has 1 amide bonds. The number of nitrogens with one attached hydrogen (secondary N) is 1. The highest BCUT2D eigenvalue weighted by atomic mass is 32.1. The van der Waals surface area contributed by atoms with Gasteiger partial charge < -0.3 is 24.4 Å². The van der Waals surface area contributed by atoms with Crippen molar-refractivity contribution in [2.24, 2.45) is 0 Å². The van der Waals surface area contributed by atoms with Gasteiger partial charge >= 0.3 is 0 Å². The van der Waals surface area contributed by atoms with Crippen molar-refractivity contribution in [3.63, 3.8) is 0 Å². The Labute approximate surface area is 152 Å². The number of thiophene rings is 1. The van der Waals surface area contributed by atoms with Crippen molar-refractivity contribution in [3.05, 3.63) is 40.1 Å². The second kappa shape index (κ2) is 8.73. The molecule has 1 aromatic heterocycles. The van der Waals surface area contributed by atoms with Crippen LogP contribution >= 0.6 is 11.3 Å². The minimum absolute atomic E-state index is 0.0985. The molecule has 0 spiro atoms. The number of methoxy groups -OCH3 is 3. The van der Waals surface area contributed by atoms with Crippen molar-refractivity contribution in [3.8, 4) is 17.2 Å². The standard InChI is InChI=1S/C18H24N2O4S/c1-20(2)14(12-8-9-25-11-12)10-19-18(21)13-6-7-15(22-3)17(24-5)16(13)23-4/h6-9,11,14H,10H2,1-5H3,(H,19,21). The smallest absolute Gasteiger partial charge is 0.255 e. The number of nitrogens with zero attached hydrogens (tertiary/aromatic N) is 1. The maximum atomic E-state index is 12.7. The highest BCUT2D eigenvalue weighted by molar-refractivity contribution is 7.07. The predicted molar refractivity (Wildman–Crippen MR) is 99.2 cm³/mol. The molecular formula is C18H24N2O4S. The number of likely N-dealkylation sites (N-methyl/N-ethyl adjacent to an activating group) is 1. The molecule has 2 aromatic rings. The van der Waals surface area contributed by atoms with Gasteiger partial charge in [-0.2, -0.15) is 11.3 Å². The molecule has 1 N–H and O–H groups in total. The first-order valence-corrected chi connectivity index (χ1v) is 8.73. The van der Waals surface area contributed by atoms with E-state index in [0.29, 0.717) is 29.4 Å². The fourth-order valence-electron chi connectivity index (χ4n) is 2.63. The third-order valence-electron chi connectivity index (χ3n) is 3.96. The monoisotopic (exact) mass is 364 g/mol. The lowest BCUT2D eigenvalue weighted by molar-refractivity contribution is 0.0938. The van der Waals surface area contributed by atoms with Crippen LogP contribution in [0.25, 0.3) is 0 Å². The molecule has 2 rings (SSSR count). The van der Waals surface area contributed by atoms with Crippen molar-refractivity contribution < 1.29 is 19.0 Å². The summed E-state index contributed by atoms with van der Waals surface area (Å²) in [6.07, 6.45) is 0. The van der Waals surface area contributed by atoms with Gasteiger partial charge in [0.25, 0.3) is 5.91 Å². The molecule has 0 fully saturated rings. The molecule has 1 unspecified atom stereocenters. The van der Waals surface area contributed by atoms with Crippen LogP contribution in [0.1, 0.15) is 22.0 Å². The van der Waals surface area contributed by atoms with Crippen LogP contribution < -0.4 is 19.5 Å². The molecule has 0 saturated heterocycles. The van der Waals surface area contributed by atoms with E-state index < -0.39 is 0 Å². The topological polar surface area (TPSA) is 60.0 Å². The number of hydrogen-bond donors (Lipinski definition) is 1. The van der Waals surface area contributed by atoms with Crippen LogP contribution in [-0.2, 0) is 0 Å². The molecule has 0 saturated carbocycles. The molecule has 0 bridgehead atoms. The van der Waals surface area contributed by atoms with E-state index in [4.69, 9.17) is 14.2 Å². The lowest BCUT2D eigenvalue weighted by Crippen LogP contribution is -2.34. The molecule has 0 aliphatic heterocycles. The van der Waals surface area contributed by atoms with Crippen LogP contribution in [0, 0.1) is 0 Å². The van der Waals surface area contributed by atoms with Crippen molar-refractivity contribution >= 4 is 17.2 Å². The van der Waals surface area contributed by atoms with E-state index in [1.54, 1.807) is 30.6 Å². The zero-order valence-electron chi connectivity index (χ0n) is 15.2. The lowest BCUT2D eigenvalue weighted by Gasteiger charge is -2.24. The Balaban J connectivity index is 2.20. The zero-order chi connectivity index (χ0) is 18.4. The first-order chi connectivity index (χ1) is 12.0. The summed E-state index contributed by atoms with van der Waals surface area (Å²) in [6, 6.07) is 5.53. The lowest BCUT2D eigenvalue weighted by atomic mass is 10.1. The summed E-state index contributed by atoms with van der Waals surface area (Å²) in [5.41, 5.74) is 1.58. The molecule has 0 aliphatic rings. The Bertz CT molecular complexity index is 701. The molecule has 7 heteroatoms. The van der Waals surface area contributed by atoms with Gasteiger partial charge in [0.15, 0.2) is 11.5 Å². The third-order valence-corrected chi connectivity index (χ3v) is 4.66. The largest absolute Gasteiger partial charge is 0.493 e. The number of carbonyl (C=O) groups excluding carboxylic acids is 1. The normalized spacial score (nSPS) is 11.9. The van der Waals surface area contributed by atoms with E-state index in [2.05, 4.69) is 21.7 Å². The highest BCUT2D eigenvalue weighted by Gasteiger charge is 2.22. The summed E-state index contributed by atoms with van der Waals surface area (Å²) in [6.45, 7) is 0.486. The average Bonchev–Trinajstić information content (AvgIpc) is 3.14. The van der Waals surface area contributed by atoms with Crippen LogP contribution in [0.5, 0.6) is 17.2 Å². The number of ether oxygens (including phenoxy) is 3. The maximum Gasteiger partial charge on any atom is 0.255 e. The molecule has 6 nitrogen and oxygen atoms in total. The summed E-state index contributed by atoms with van der Waals surface area (Å²) in [5.74, 6) is 1.05. The molecule has 1 heterocycles. The maximum absolute atomic E-state index is 12.7. The molecular weight excluding hydrogens is 340 g/mol. The number of carbonyl (C=O) groups is 1. The number of benzene rings is 1. The molecule has 1 atom stereocenters. The van der Waals surface area contributed by atoms with Gasteiger partial charge in [0.05, 0.1) is 32.9 Å². The third kappa shape index (κ3) is 4.24. The fourth-order valence-corrected chi connectivity index (χ4v) is 3.33. The van der Waals surface area contributed by atoms with Gasteiger partial charge in [0, 0.05) is 6.54 Å². The summed E-state index contributed by atoms with van der Waals surface area (Å²) < 4.78 is 16.0. The minimum Gasteiger partial charge on any atom is -0.493 e. The van der Waals surface area contributed by atoms with Crippen LogP contribution in [0.2, 0.25) is 0 Å². The average molecular weight is 364 g/mol. The van der Waals surface area contributed by atoms with Crippen molar-refractivity contribution in [2.75, 3.05) is 42.0 Å². The van der Waals surface area contributed by atoms with Gasteiger partial charge in [-0.15, -0.1) is 0 Å². The van der Waals surface area contributed by atoms with E-state index in [0.717, 1.165) is 0 Å². The molecule has 0 radical (unpaired) electrons. The quantitative estimate of drug-likeness (QED) is 0.780. The molecule has 136 valence electrons. The Kier molecular flexibility index (Phi) is 6.66. The van der Waals surface area contributed by atoms with E-state index >= 15 is 0 Å². The number of amides is 1. The second-order valence-electron chi connectivity index (χ2n) is 5.63. The van der Waals surface area contributed by atoms with E-state index in [1.807, 2.05) is 19.5 Å². The van der Waals surface area contributed by atoms with Gasteiger partial charge in [-0.05, 0) is 48.6 Å². The van der Waals surface area contributed by atoms with Crippen LogP contribution in [0.15, 0.2) is 29.0 Å². The zero-order valence-corrected chi connectivity index (χ0v) is 16.0. The van der Waals surface area contributed by atoms with Crippen molar-refractivity contribution in [1.82, 2.24) is 10.2 Å². The summed E-state index contributed by atoms with van der Waals surface area (Å²) >= 11 is 1.64. The van der Waals surface area contributed by atoms with E-state index in [1.165, 1.54) is 19.8 Å². The van der Waals surface area contributed by atoms with Crippen molar-refractivity contribution in [1.29, 1.82) is 0 Å². The Morgan fingerprint density at radius 2 is 1.84 bits per heavy atom. The van der Waals surface area contributed by atoms with Crippen molar-refractivity contribution in [2.45, 2.75) is 6.04 Å². The summed E-state index contributed by atoms with van der Waals surface area (Å²) in [4.78, 5) is 14.8. The van der Waals surface area contributed by atoms with Gasteiger partial charge in [-0.1, -0.05) is 0 Å².